The van der Waals surface area contributed by atoms with Crippen LogP contribution in [0.2, 0.25) is 0 Å². The van der Waals surface area contributed by atoms with Gasteiger partial charge in [-0.1, -0.05) is 30.3 Å². The topological polar surface area (TPSA) is 41.1 Å². The first kappa shape index (κ1) is 22.4. The Morgan fingerprint density at radius 2 is 1.32 bits per heavy atom. The molecule has 0 amide bonds. The predicted octanol–water partition coefficient (Wildman–Crippen LogP) is 3.56. The number of halogens is 10. The standard InChI is InChI=1S/C15H12F10N2O/c16-10(9(28)8-4-2-1-3-5-8)11(26-6-7-27-11)12(17,18)13(19,20)14(21,22)15(23,24)25/h1-5,10,26-27H,6-7H2. The van der Waals surface area contributed by atoms with Crippen molar-refractivity contribution < 1.29 is 48.7 Å². The normalized spacial score (nSPS) is 19.5. The van der Waals surface area contributed by atoms with Crippen molar-refractivity contribution in [2.24, 2.45) is 0 Å². The smallest absolute Gasteiger partial charge is 0.291 e. The molecule has 1 aliphatic rings. The lowest BCUT2D eigenvalue weighted by Gasteiger charge is -2.44. The fourth-order valence-corrected chi connectivity index (χ4v) is 2.71. The number of Topliss-reactive ketones (excluding diaryl/α,β-unsaturated/α-hetero) is 1. The zero-order chi connectivity index (χ0) is 21.6. The number of hydrogen-bond acceptors (Lipinski definition) is 3. The van der Waals surface area contributed by atoms with Crippen LogP contribution < -0.4 is 10.6 Å². The van der Waals surface area contributed by atoms with Crippen LogP contribution in [0.5, 0.6) is 0 Å². The molecular weight excluding hydrogens is 414 g/mol. The monoisotopic (exact) mass is 426 g/mol. The number of nitrogens with one attached hydrogen (secondary N) is 2. The van der Waals surface area contributed by atoms with Gasteiger partial charge in [0.15, 0.2) is 5.66 Å². The highest BCUT2D eigenvalue weighted by molar-refractivity contribution is 6.00. The summed E-state index contributed by atoms with van der Waals surface area (Å²) in [5, 5.41) is 2.91. The summed E-state index contributed by atoms with van der Waals surface area (Å²) in [5.41, 5.74) is -4.77. The predicted molar refractivity (Wildman–Crippen MR) is 75.3 cm³/mol. The molecule has 1 aromatic rings. The third-order valence-electron chi connectivity index (χ3n) is 4.24. The molecule has 1 saturated heterocycles. The van der Waals surface area contributed by atoms with Gasteiger partial charge in [0, 0.05) is 18.7 Å². The molecule has 0 aromatic heterocycles. The minimum atomic E-state index is -7.21. The summed E-state index contributed by atoms with van der Waals surface area (Å²) in [7, 11) is 0. The number of carbonyl (C=O) groups is 1. The molecule has 1 heterocycles. The zero-order valence-corrected chi connectivity index (χ0v) is 13.6. The van der Waals surface area contributed by atoms with Crippen LogP contribution >= 0.6 is 0 Å². The Bertz CT molecular complexity index is 713. The van der Waals surface area contributed by atoms with Crippen LogP contribution in [0.25, 0.3) is 0 Å². The van der Waals surface area contributed by atoms with Gasteiger partial charge >= 0.3 is 23.9 Å². The van der Waals surface area contributed by atoms with Crippen molar-refractivity contribution in [1.82, 2.24) is 10.6 Å². The molecule has 1 atom stereocenters. The van der Waals surface area contributed by atoms with E-state index in [1.807, 2.05) is 0 Å². The Kier molecular flexibility index (Phi) is 5.49. The largest absolute Gasteiger partial charge is 0.460 e. The van der Waals surface area contributed by atoms with Gasteiger partial charge in [-0.2, -0.15) is 39.5 Å². The van der Waals surface area contributed by atoms with E-state index in [1.165, 1.54) is 28.8 Å². The molecule has 28 heavy (non-hydrogen) atoms. The van der Waals surface area contributed by atoms with Crippen LogP contribution in [-0.2, 0) is 0 Å². The van der Waals surface area contributed by atoms with Crippen molar-refractivity contribution >= 4 is 5.78 Å². The first-order chi connectivity index (χ1) is 12.6. The van der Waals surface area contributed by atoms with Crippen molar-refractivity contribution in [3.05, 3.63) is 35.9 Å². The molecule has 3 nitrogen and oxygen atoms in total. The van der Waals surface area contributed by atoms with Gasteiger partial charge in [0.05, 0.1) is 0 Å². The van der Waals surface area contributed by atoms with Crippen molar-refractivity contribution in [3.8, 4) is 0 Å². The summed E-state index contributed by atoms with van der Waals surface area (Å²) in [6.07, 6.45) is -10.7. The molecule has 0 saturated carbocycles. The summed E-state index contributed by atoms with van der Waals surface area (Å²) in [5.74, 6) is -22.5. The SMILES string of the molecule is O=C(c1ccccc1)C(F)C1(C(F)(F)C(F)(F)C(F)(F)C(F)(F)F)NCCN1. The maximum atomic E-state index is 14.7. The van der Waals surface area contributed by atoms with Crippen LogP contribution in [0.4, 0.5) is 43.9 Å². The van der Waals surface area contributed by atoms with E-state index in [4.69, 9.17) is 0 Å². The van der Waals surface area contributed by atoms with Gasteiger partial charge in [-0.15, -0.1) is 0 Å². The fourth-order valence-electron chi connectivity index (χ4n) is 2.71. The molecule has 0 aliphatic carbocycles. The summed E-state index contributed by atoms with van der Waals surface area (Å²) < 4.78 is 135. The third-order valence-corrected chi connectivity index (χ3v) is 4.24. The first-order valence-electron chi connectivity index (χ1n) is 7.57. The molecular formula is C15H12F10N2O. The van der Waals surface area contributed by atoms with Crippen LogP contribution in [0.3, 0.4) is 0 Å². The Labute approximate surface area is 151 Å². The van der Waals surface area contributed by atoms with Crippen molar-refractivity contribution in [3.63, 3.8) is 0 Å². The Hall–Kier alpha value is -1.89. The lowest BCUT2D eigenvalue weighted by molar-refractivity contribution is -0.408. The number of benzene rings is 1. The number of ketones is 1. The summed E-state index contributed by atoms with van der Waals surface area (Å²) in [6.45, 7) is -1.41. The molecule has 2 N–H and O–H groups in total. The van der Waals surface area contributed by atoms with Crippen LogP contribution in [0.1, 0.15) is 10.4 Å². The van der Waals surface area contributed by atoms with Gasteiger partial charge in [0.1, 0.15) is 0 Å². The second-order valence-corrected chi connectivity index (χ2v) is 5.98. The van der Waals surface area contributed by atoms with Gasteiger partial charge in [-0.3, -0.25) is 15.4 Å². The van der Waals surface area contributed by atoms with E-state index in [1.54, 1.807) is 0 Å². The van der Waals surface area contributed by atoms with Gasteiger partial charge in [0.25, 0.3) is 0 Å². The van der Waals surface area contributed by atoms with E-state index in [0.29, 0.717) is 0 Å². The molecule has 2 rings (SSSR count). The lowest BCUT2D eigenvalue weighted by atomic mass is 9.85. The van der Waals surface area contributed by atoms with Crippen LogP contribution in [0, 0.1) is 0 Å². The summed E-state index contributed by atoms with van der Waals surface area (Å²) in [4.78, 5) is 12.1. The van der Waals surface area contributed by atoms with E-state index < -0.39 is 60.2 Å². The second-order valence-electron chi connectivity index (χ2n) is 5.98. The van der Waals surface area contributed by atoms with E-state index in [0.717, 1.165) is 12.1 Å². The Morgan fingerprint density at radius 1 is 0.857 bits per heavy atom. The molecule has 1 unspecified atom stereocenters. The first-order valence-corrected chi connectivity index (χ1v) is 7.57. The summed E-state index contributed by atoms with van der Waals surface area (Å²) in [6, 6.07) is 5.55. The summed E-state index contributed by atoms with van der Waals surface area (Å²) >= 11 is 0. The highest BCUT2D eigenvalue weighted by Crippen LogP contribution is 2.56. The maximum Gasteiger partial charge on any atom is 0.460 e. The zero-order valence-electron chi connectivity index (χ0n) is 13.6. The quantitative estimate of drug-likeness (QED) is 0.540. The molecule has 0 spiro atoms. The highest BCUT2D eigenvalue weighted by Gasteiger charge is 2.87. The highest BCUT2D eigenvalue weighted by atomic mass is 19.4. The number of carbonyl (C=O) groups excluding carboxylic acids is 1. The molecule has 0 radical (unpaired) electrons. The average Bonchev–Trinajstić information content (AvgIpc) is 3.11. The second kappa shape index (κ2) is 6.87. The minimum Gasteiger partial charge on any atom is -0.291 e. The molecule has 1 fully saturated rings. The fraction of sp³-hybridized carbons (Fsp3) is 0.533. The maximum absolute atomic E-state index is 14.7. The van der Waals surface area contributed by atoms with Crippen LogP contribution in [0.15, 0.2) is 30.3 Å². The van der Waals surface area contributed by atoms with E-state index in [2.05, 4.69) is 0 Å². The van der Waals surface area contributed by atoms with E-state index in [-0.39, 0.29) is 0 Å². The van der Waals surface area contributed by atoms with Gasteiger partial charge in [-0.05, 0) is 0 Å². The molecule has 13 heteroatoms. The van der Waals surface area contributed by atoms with Crippen LogP contribution in [-0.4, -0.2) is 54.7 Å². The van der Waals surface area contributed by atoms with Gasteiger partial charge in [-0.25, -0.2) is 4.39 Å². The lowest BCUT2D eigenvalue weighted by Crippen LogP contribution is -2.78. The molecule has 158 valence electrons. The molecule has 1 aromatic carbocycles. The van der Waals surface area contributed by atoms with Gasteiger partial charge in [0.2, 0.25) is 12.0 Å². The average molecular weight is 426 g/mol. The Balaban J connectivity index is 2.56. The Morgan fingerprint density at radius 3 is 1.75 bits per heavy atom. The van der Waals surface area contributed by atoms with Gasteiger partial charge < -0.3 is 0 Å². The number of rotatable bonds is 6. The van der Waals surface area contributed by atoms with E-state index >= 15 is 0 Å². The van der Waals surface area contributed by atoms with Crippen molar-refractivity contribution in [1.29, 1.82) is 0 Å². The van der Waals surface area contributed by atoms with Crippen molar-refractivity contribution in [2.45, 2.75) is 35.8 Å². The third kappa shape index (κ3) is 3.04. The minimum absolute atomic E-state index is 0.577. The molecule has 0 bridgehead atoms. The number of alkyl halides is 10. The molecule has 1 aliphatic heterocycles. The number of hydrogen-bond donors (Lipinski definition) is 2. The van der Waals surface area contributed by atoms with E-state index in [9.17, 15) is 48.7 Å². The van der Waals surface area contributed by atoms with Crippen molar-refractivity contribution in [2.75, 3.05) is 13.1 Å².